The fraction of sp³-hybridized carbons (Fsp3) is 0.556. The molecule has 1 aliphatic carbocycles. The zero-order valence-corrected chi connectivity index (χ0v) is 37.2. The molecule has 2 heterocycles. The normalized spacial score (nSPS) is 17.0. The summed E-state index contributed by atoms with van der Waals surface area (Å²) in [7, 11) is 2.82. The molecule has 1 amide bonds. The second-order valence-electron chi connectivity index (χ2n) is 17.9. The van der Waals surface area contributed by atoms with Crippen LogP contribution in [0.2, 0.25) is 18.1 Å². The highest BCUT2D eigenvalue weighted by atomic mass is 28.4. The van der Waals surface area contributed by atoms with Gasteiger partial charge in [0.1, 0.15) is 11.7 Å². The summed E-state index contributed by atoms with van der Waals surface area (Å²) < 4.78 is 55.1. The number of hydrogen-bond acceptors (Lipinski definition) is 7. The molecule has 9 nitrogen and oxygen atoms in total. The minimum Gasteiger partial charge on any atom is -0.469 e. The highest BCUT2D eigenvalue weighted by molar-refractivity contribution is 6.74. The number of pyridine rings is 2. The van der Waals surface area contributed by atoms with Crippen molar-refractivity contribution < 1.29 is 31.9 Å². The van der Waals surface area contributed by atoms with Crippen molar-refractivity contribution in [2.24, 2.45) is 11.8 Å². The Morgan fingerprint density at radius 3 is 2.26 bits per heavy atom. The standard InChI is InChI=1S/C45H61F3N4O5Si/c1-28(2)20-39(52-27-32(18-19-51(8)9)36(25-40(52)53)45(46,47)48)43(55)50-38(26-41(54)56-10)37-24-33(42-29(3)14-13-15-30(42)4)23-34(49-37)17-16-31-21-35(22-31)57-58(11,12)44(5,6)7/h13-15,23-25,27-28,31,35,38-39H,18-22,26H2,1-12H3,(H,50,55)/t31?,35?,38-,39?/m0/s1. The molecule has 1 aliphatic rings. The fourth-order valence-corrected chi connectivity index (χ4v) is 8.32. The predicted molar refractivity (Wildman–Crippen MR) is 225 cm³/mol. The zero-order valence-electron chi connectivity index (χ0n) is 36.2. The third-order valence-corrected chi connectivity index (χ3v) is 15.8. The highest BCUT2D eigenvalue weighted by Crippen LogP contribution is 2.41. The van der Waals surface area contributed by atoms with Gasteiger partial charge in [-0.05, 0) is 124 Å². The first-order chi connectivity index (χ1) is 26.9. The van der Waals surface area contributed by atoms with Crippen LogP contribution in [-0.4, -0.2) is 68.5 Å². The Balaban J connectivity index is 1.78. The lowest BCUT2D eigenvalue weighted by molar-refractivity contribution is -0.141. The summed E-state index contributed by atoms with van der Waals surface area (Å²) in [5, 5.41) is 3.06. The van der Waals surface area contributed by atoms with Gasteiger partial charge in [-0.2, -0.15) is 13.2 Å². The maximum Gasteiger partial charge on any atom is 0.416 e. The van der Waals surface area contributed by atoms with Gasteiger partial charge in [-0.25, -0.2) is 4.98 Å². The zero-order chi connectivity index (χ0) is 43.3. The molecule has 0 radical (unpaired) electrons. The number of aromatic nitrogens is 2. The number of alkyl halides is 3. The van der Waals surface area contributed by atoms with E-state index in [1.807, 2.05) is 58.0 Å². The molecule has 0 spiro atoms. The molecule has 3 aromatic rings. The molecule has 1 saturated carbocycles. The van der Waals surface area contributed by atoms with Crippen LogP contribution < -0.4 is 10.9 Å². The number of aryl methyl sites for hydroxylation is 2. The van der Waals surface area contributed by atoms with E-state index in [-0.39, 0.29) is 47.8 Å². The first-order valence-corrected chi connectivity index (χ1v) is 22.9. The van der Waals surface area contributed by atoms with Gasteiger partial charge in [0.2, 0.25) is 5.91 Å². The number of carbonyl (C=O) groups is 2. The molecule has 1 aromatic carbocycles. The van der Waals surface area contributed by atoms with Crippen molar-refractivity contribution in [2.75, 3.05) is 27.7 Å². The van der Waals surface area contributed by atoms with Gasteiger partial charge in [0.15, 0.2) is 8.32 Å². The van der Waals surface area contributed by atoms with Crippen molar-refractivity contribution in [1.29, 1.82) is 0 Å². The van der Waals surface area contributed by atoms with Crippen LogP contribution in [0.3, 0.4) is 0 Å². The Labute approximate surface area is 343 Å². The van der Waals surface area contributed by atoms with E-state index in [4.69, 9.17) is 14.1 Å². The number of methoxy groups -OCH3 is 1. The van der Waals surface area contributed by atoms with E-state index in [2.05, 4.69) is 51.0 Å². The number of benzene rings is 1. The molecular weight excluding hydrogens is 762 g/mol. The van der Waals surface area contributed by atoms with Gasteiger partial charge in [0, 0.05) is 30.8 Å². The van der Waals surface area contributed by atoms with Crippen molar-refractivity contribution in [3.05, 3.63) is 86.6 Å². The monoisotopic (exact) mass is 822 g/mol. The van der Waals surface area contributed by atoms with Gasteiger partial charge in [0.05, 0.1) is 30.8 Å². The summed E-state index contributed by atoms with van der Waals surface area (Å²) in [6.45, 7) is 19.2. The number of carbonyl (C=O) groups excluding carboxylic acids is 2. The summed E-state index contributed by atoms with van der Waals surface area (Å²) in [4.78, 5) is 47.5. The van der Waals surface area contributed by atoms with Crippen LogP contribution >= 0.6 is 0 Å². The number of nitrogens with one attached hydrogen (secondary N) is 1. The van der Waals surface area contributed by atoms with Gasteiger partial charge in [0.25, 0.3) is 5.56 Å². The molecule has 0 saturated heterocycles. The van der Waals surface area contributed by atoms with Crippen LogP contribution in [0.15, 0.2) is 47.4 Å². The summed E-state index contributed by atoms with van der Waals surface area (Å²) in [5.41, 5.74) is 2.52. The average Bonchev–Trinajstić information content (AvgIpc) is 3.09. The van der Waals surface area contributed by atoms with Gasteiger partial charge < -0.3 is 23.9 Å². The van der Waals surface area contributed by atoms with E-state index in [9.17, 15) is 27.6 Å². The first kappa shape index (κ1) is 46.4. The van der Waals surface area contributed by atoms with Crippen molar-refractivity contribution >= 4 is 20.2 Å². The van der Waals surface area contributed by atoms with E-state index in [0.29, 0.717) is 24.0 Å². The third kappa shape index (κ3) is 11.9. The molecule has 1 fully saturated rings. The molecule has 1 N–H and O–H groups in total. The maximum absolute atomic E-state index is 14.4. The molecule has 2 atom stereocenters. The van der Waals surface area contributed by atoms with Gasteiger partial charge in [-0.3, -0.25) is 14.4 Å². The number of nitrogens with zero attached hydrogens (tertiary/aromatic N) is 3. The van der Waals surface area contributed by atoms with Gasteiger partial charge in [-0.15, -0.1) is 0 Å². The van der Waals surface area contributed by atoms with Crippen LogP contribution in [-0.2, 0) is 31.3 Å². The van der Waals surface area contributed by atoms with Crippen LogP contribution in [0.4, 0.5) is 13.2 Å². The number of amides is 1. The molecular formula is C45H61F3N4O5Si. The summed E-state index contributed by atoms with van der Waals surface area (Å²) in [6, 6.07) is 8.07. The molecule has 4 rings (SSSR count). The Hall–Kier alpha value is -4.25. The lowest BCUT2D eigenvalue weighted by Crippen LogP contribution is -2.47. The molecule has 0 bridgehead atoms. The van der Waals surface area contributed by atoms with E-state index in [1.54, 1.807) is 19.0 Å². The van der Waals surface area contributed by atoms with Crippen LogP contribution in [0, 0.1) is 37.5 Å². The second-order valence-corrected chi connectivity index (χ2v) is 22.6. The third-order valence-electron chi connectivity index (χ3n) is 11.3. The van der Waals surface area contributed by atoms with Crippen LogP contribution in [0.25, 0.3) is 11.1 Å². The quantitative estimate of drug-likeness (QED) is 0.0986. The minimum absolute atomic E-state index is 0.00706. The highest BCUT2D eigenvalue weighted by Gasteiger charge is 2.42. The van der Waals surface area contributed by atoms with Crippen LogP contribution in [0.5, 0.6) is 0 Å². The number of likely N-dealkylation sites (N-methyl/N-ethyl adjacent to an activating group) is 1. The Bertz CT molecular complexity index is 2050. The first-order valence-electron chi connectivity index (χ1n) is 20.0. The van der Waals surface area contributed by atoms with E-state index in [0.717, 1.165) is 45.9 Å². The van der Waals surface area contributed by atoms with Crippen LogP contribution in [0.1, 0.15) is 106 Å². The molecule has 316 valence electrons. The Morgan fingerprint density at radius 1 is 1.07 bits per heavy atom. The number of rotatable bonds is 14. The summed E-state index contributed by atoms with van der Waals surface area (Å²) in [5.74, 6) is 5.40. The lowest BCUT2D eigenvalue weighted by atomic mass is 9.83. The number of hydrogen-bond donors (Lipinski definition) is 1. The molecule has 0 aliphatic heterocycles. The number of esters is 1. The SMILES string of the molecule is COC(=O)C[C@H](NC(=O)C(CC(C)C)n1cc(CCN(C)C)c(C(F)(F)F)cc1=O)c1cc(-c2c(C)cccc2C)cc(C#CC2CC(O[Si](C)(C)C(C)(C)C)C2)n1. The topological polar surface area (TPSA) is 103 Å². The minimum atomic E-state index is -4.76. The summed E-state index contributed by atoms with van der Waals surface area (Å²) >= 11 is 0. The Morgan fingerprint density at radius 2 is 1.71 bits per heavy atom. The lowest BCUT2D eigenvalue weighted by Gasteiger charge is -2.43. The smallest absolute Gasteiger partial charge is 0.416 e. The molecule has 58 heavy (non-hydrogen) atoms. The molecule has 1 unspecified atom stereocenters. The average molecular weight is 823 g/mol. The molecule has 13 heteroatoms. The number of halogens is 3. The van der Waals surface area contributed by atoms with Crippen molar-refractivity contribution in [3.8, 4) is 23.0 Å². The van der Waals surface area contributed by atoms with E-state index >= 15 is 0 Å². The Kier molecular flexibility index (Phi) is 15.0. The van der Waals surface area contributed by atoms with Gasteiger partial charge >= 0.3 is 12.1 Å². The fourth-order valence-electron chi connectivity index (χ4n) is 6.94. The maximum atomic E-state index is 14.4. The van der Waals surface area contributed by atoms with E-state index < -0.39 is 49.6 Å². The summed E-state index contributed by atoms with van der Waals surface area (Å²) in [6.07, 6.45) is -1.94. The van der Waals surface area contributed by atoms with Crippen molar-refractivity contribution in [3.63, 3.8) is 0 Å². The number of ether oxygens (including phenoxy) is 1. The predicted octanol–water partition coefficient (Wildman–Crippen LogP) is 8.81. The van der Waals surface area contributed by atoms with Gasteiger partial charge in [-0.1, -0.05) is 58.7 Å². The van der Waals surface area contributed by atoms with E-state index in [1.165, 1.54) is 7.11 Å². The van der Waals surface area contributed by atoms with Crippen molar-refractivity contribution in [2.45, 2.75) is 123 Å². The second kappa shape index (κ2) is 18.8. The van der Waals surface area contributed by atoms with Crippen molar-refractivity contribution in [1.82, 2.24) is 19.8 Å². The largest absolute Gasteiger partial charge is 0.469 e. The molecule has 2 aromatic heterocycles.